The summed E-state index contributed by atoms with van der Waals surface area (Å²) in [7, 11) is 0. The minimum atomic E-state index is -0.144. The van der Waals surface area contributed by atoms with Gasteiger partial charge >= 0.3 is 0 Å². The topological polar surface area (TPSA) is 3.24 Å². The highest BCUT2D eigenvalue weighted by Crippen LogP contribution is 2.27. The first-order valence-corrected chi connectivity index (χ1v) is 6.68. The van der Waals surface area contributed by atoms with Gasteiger partial charge in [0, 0.05) is 17.1 Å². The van der Waals surface area contributed by atoms with Crippen LogP contribution in [0.4, 0.5) is 4.39 Å². The Bertz CT molecular complexity index is 431. The van der Waals surface area contributed by atoms with Crippen LogP contribution in [-0.2, 0) is 0 Å². The maximum atomic E-state index is 13.5. The van der Waals surface area contributed by atoms with E-state index in [1.54, 1.807) is 6.07 Å². The zero-order chi connectivity index (χ0) is 13.2. The van der Waals surface area contributed by atoms with Crippen molar-refractivity contribution in [2.24, 2.45) is 0 Å². The molecule has 0 bridgehead atoms. The fourth-order valence-corrected chi connectivity index (χ4v) is 2.65. The molecular formula is C16H22FN. The van der Waals surface area contributed by atoms with E-state index in [9.17, 15) is 4.39 Å². The molecule has 1 aliphatic rings. The number of halogens is 1. The Morgan fingerprint density at radius 1 is 1.28 bits per heavy atom. The van der Waals surface area contributed by atoms with Crippen LogP contribution in [0.15, 0.2) is 30.3 Å². The monoisotopic (exact) mass is 247 g/mol. The third-order valence-electron chi connectivity index (χ3n) is 3.56. The molecule has 2 heteroatoms. The van der Waals surface area contributed by atoms with E-state index < -0.39 is 0 Å². The molecule has 0 saturated carbocycles. The molecule has 0 aromatic heterocycles. The molecule has 1 fully saturated rings. The smallest absolute Gasteiger partial charge is 0.130 e. The van der Waals surface area contributed by atoms with Crippen molar-refractivity contribution in [1.29, 1.82) is 0 Å². The summed E-state index contributed by atoms with van der Waals surface area (Å²) < 4.78 is 13.5. The molecule has 1 saturated heterocycles. The predicted octanol–water partition coefficient (Wildman–Crippen LogP) is 4.10. The van der Waals surface area contributed by atoms with E-state index >= 15 is 0 Å². The van der Waals surface area contributed by atoms with Gasteiger partial charge in [0.1, 0.15) is 5.82 Å². The molecule has 2 rings (SSSR count). The molecule has 1 nitrogen and oxygen atoms in total. The van der Waals surface area contributed by atoms with Gasteiger partial charge in [-0.2, -0.15) is 0 Å². The summed E-state index contributed by atoms with van der Waals surface area (Å²) in [6.07, 6.45) is 6.46. The van der Waals surface area contributed by atoms with Gasteiger partial charge in [-0.3, -0.25) is 4.90 Å². The summed E-state index contributed by atoms with van der Waals surface area (Å²) in [6.45, 7) is 7.85. The minimum absolute atomic E-state index is 0.144. The maximum Gasteiger partial charge on any atom is 0.130 e. The van der Waals surface area contributed by atoms with Crippen LogP contribution in [-0.4, -0.2) is 23.0 Å². The van der Waals surface area contributed by atoms with E-state index in [1.807, 2.05) is 18.2 Å². The van der Waals surface area contributed by atoms with Gasteiger partial charge in [-0.25, -0.2) is 4.39 Å². The Labute approximate surface area is 109 Å². The normalized spacial score (nSPS) is 21.9. The highest BCUT2D eigenvalue weighted by Gasteiger charge is 2.30. The van der Waals surface area contributed by atoms with Crippen LogP contribution in [0.25, 0.3) is 6.08 Å². The zero-order valence-corrected chi connectivity index (χ0v) is 11.5. The van der Waals surface area contributed by atoms with Gasteiger partial charge < -0.3 is 0 Å². The first-order chi connectivity index (χ1) is 8.48. The summed E-state index contributed by atoms with van der Waals surface area (Å²) in [5.74, 6) is -0.144. The van der Waals surface area contributed by atoms with Crippen molar-refractivity contribution >= 4 is 6.08 Å². The molecule has 0 unspecified atom stereocenters. The number of hydrogen-bond donors (Lipinski definition) is 0. The van der Waals surface area contributed by atoms with Crippen molar-refractivity contribution in [2.75, 3.05) is 6.54 Å². The van der Waals surface area contributed by atoms with Crippen LogP contribution in [0.5, 0.6) is 0 Å². The van der Waals surface area contributed by atoms with E-state index in [4.69, 9.17) is 0 Å². The van der Waals surface area contributed by atoms with Crippen LogP contribution in [0.2, 0.25) is 0 Å². The van der Waals surface area contributed by atoms with Crippen molar-refractivity contribution in [1.82, 2.24) is 4.90 Å². The third-order valence-corrected chi connectivity index (χ3v) is 3.56. The molecule has 0 N–H and O–H groups in total. The second-order valence-electron chi connectivity index (χ2n) is 5.95. The quantitative estimate of drug-likeness (QED) is 0.760. The number of hydrogen-bond acceptors (Lipinski definition) is 1. The van der Waals surface area contributed by atoms with Gasteiger partial charge in [-0.15, -0.1) is 0 Å². The summed E-state index contributed by atoms with van der Waals surface area (Å²) >= 11 is 0. The second kappa shape index (κ2) is 5.23. The van der Waals surface area contributed by atoms with Gasteiger partial charge in [-0.05, 0) is 46.2 Å². The van der Waals surface area contributed by atoms with Gasteiger partial charge in [0.25, 0.3) is 0 Å². The van der Waals surface area contributed by atoms with Crippen molar-refractivity contribution in [3.05, 3.63) is 41.7 Å². The molecule has 1 heterocycles. The van der Waals surface area contributed by atoms with Crippen LogP contribution in [0.1, 0.15) is 39.2 Å². The number of nitrogens with zero attached hydrogens (tertiary/aromatic N) is 1. The first kappa shape index (κ1) is 13.3. The van der Waals surface area contributed by atoms with Crippen LogP contribution >= 0.6 is 0 Å². The number of benzene rings is 1. The van der Waals surface area contributed by atoms with Gasteiger partial charge in [0.15, 0.2) is 0 Å². The van der Waals surface area contributed by atoms with E-state index in [2.05, 4.69) is 31.7 Å². The fourth-order valence-electron chi connectivity index (χ4n) is 2.65. The highest BCUT2D eigenvalue weighted by molar-refractivity contribution is 5.50. The van der Waals surface area contributed by atoms with Crippen LogP contribution in [0, 0.1) is 5.82 Å². The lowest BCUT2D eigenvalue weighted by Gasteiger charge is -2.35. The summed E-state index contributed by atoms with van der Waals surface area (Å²) in [6, 6.07) is 7.37. The van der Waals surface area contributed by atoms with E-state index in [1.165, 1.54) is 18.9 Å². The molecule has 18 heavy (non-hydrogen) atoms. The Balaban J connectivity index is 2.12. The Morgan fingerprint density at radius 3 is 2.67 bits per heavy atom. The van der Waals surface area contributed by atoms with E-state index in [0.717, 1.165) is 6.54 Å². The Kier molecular flexibility index (Phi) is 3.86. The van der Waals surface area contributed by atoms with Crippen molar-refractivity contribution in [3.8, 4) is 0 Å². The average Bonchev–Trinajstić information content (AvgIpc) is 2.76. The molecule has 0 radical (unpaired) electrons. The highest BCUT2D eigenvalue weighted by atomic mass is 19.1. The van der Waals surface area contributed by atoms with Crippen molar-refractivity contribution in [3.63, 3.8) is 0 Å². The number of rotatable bonds is 2. The first-order valence-electron chi connectivity index (χ1n) is 6.68. The largest absolute Gasteiger partial charge is 0.292 e. The van der Waals surface area contributed by atoms with Gasteiger partial charge in [0.05, 0.1) is 0 Å². The Hall–Kier alpha value is -1.15. The lowest BCUT2D eigenvalue weighted by molar-refractivity contribution is 0.144. The fraction of sp³-hybridized carbons (Fsp3) is 0.500. The van der Waals surface area contributed by atoms with Gasteiger partial charge in [-0.1, -0.05) is 30.4 Å². The number of likely N-dealkylation sites (tertiary alicyclic amines) is 1. The van der Waals surface area contributed by atoms with Crippen molar-refractivity contribution < 1.29 is 4.39 Å². The minimum Gasteiger partial charge on any atom is -0.292 e. The van der Waals surface area contributed by atoms with E-state index in [-0.39, 0.29) is 11.4 Å². The summed E-state index contributed by atoms with van der Waals surface area (Å²) in [4.78, 5) is 2.49. The zero-order valence-electron chi connectivity index (χ0n) is 11.5. The summed E-state index contributed by atoms with van der Waals surface area (Å²) in [5, 5.41) is 0. The molecule has 98 valence electrons. The molecule has 0 aliphatic carbocycles. The van der Waals surface area contributed by atoms with Crippen LogP contribution < -0.4 is 0 Å². The molecule has 1 aliphatic heterocycles. The molecule has 0 spiro atoms. The van der Waals surface area contributed by atoms with Crippen LogP contribution in [0.3, 0.4) is 0 Å². The standard InChI is InChI=1S/C16H22FN/c1-16(2,3)18-12-6-8-14(18)11-10-13-7-4-5-9-15(13)17/h4-5,7,9-11,14H,6,8,12H2,1-3H3/b11-10+/t14-/m1/s1. The second-order valence-corrected chi connectivity index (χ2v) is 5.95. The molecule has 1 aromatic carbocycles. The predicted molar refractivity (Wildman–Crippen MR) is 74.9 cm³/mol. The molecule has 0 amide bonds. The van der Waals surface area contributed by atoms with E-state index in [0.29, 0.717) is 11.6 Å². The maximum absolute atomic E-state index is 13.5. The van der Waals surface area contributed by atoms with Gasteiger partial charge in [0.2, 0.25) is 0 Å². The molecule has 1 aromatic rings. The van der Waals surface area contributed by atoms with Crippen molar-refractivity contribution in [2.45, 2.75) is 45.2 Å². The Morgan fingerprint density at radius 2 is 2.00 bits per heavy atom. The lowest BCUT2D eigenvalue weighted by Crippen LogP contribution is -2.43. The SMILES string of the molecule is CC(C)(C)N1CCC[C@@H]1/C=C/c1ccccc1F. The third kappa shape index (κ3) is 2.99. The molecular weight excluding hydrogens is 225 g/mol. The lowest BCUT2D eigenvalue weighted by atomic mass is 10.0. The molecule has 1 atom stereocenters. The summed E-state index contributed by atoms with van der Waals surface area (Å²) in [5.41, 5.74) is 0.860. The average molecular weight is 247 g/mol.